The van der Waals surface area contributed by atoms with Gasteiger partial charge in [-0.15, -0.1) is 0 Å². The van der Waals surface area contributed by atoms with Crippen LogP contribution in [0.5, 0.6) is 0 Å². The van der Waals surface area contributed by atoms with Crippen molar-refractivity contribution in [2.75, 3.05) is 32.2 Å². The zero-order valence-corrected chi connectivity index (χ0v) is 13.6. The highest BCUT2D eigenvalue weighted by Gasteiger charge is 2.13. The van der Waals surface area contributed by atoms with Crippen LogP contribution < -0.4 is 4.90 Å². The van der Waals surface area contributed by atoms with Crippen LogP contribution in [0.1, 0.15) is 43.5 Å². The van der Waals surface area contributed by atoms with E-state index in [2.05, 4.69) is 6.92 Å². The van der Waals surface area contributed by atoms with Gasteiger partial charge < -0.3 is 14.4 Å². The number of hydrogen-bond donors (Lipinski definition) is 0. The zero-order valence-electron chi connectivity index (χ0n) is 13.6. The van der Waals surface area contributed by atoms with Gasteiger partial charge in [-0.2, -0.15) is 0 Å². The predicted molar refractivity (Wildman–Crippen MR) is 86.0 cm³/mol. The zero-order chi connectivity index (χ0) is 15.7. The molecule has 0 aliphatic carbocycles. The summed E-state index contributed by atoms with van der Waals surface area (Å²) in [6, 6.07) is 7.40. The molecule has 1 unspecified atom stereocenters. The molecule has 0 aliphatic heterocycles. The maximum Gasteiger partial charge on any atom is 0.338 e. The molecule has 0 radical (unpaired) electrons. The molecule has 0 saturated carbocycles. The SMILES string of the molecule is CCCCC(COC(=O)c1ccc(N(C)C)cc1)OCC. The molecule has 0 aromatic heterocycles. The average Bonchev–Trinajstić information content (AvgIpc) is 2.49. The first kappa shape index (κ1) is 17.5. The van der Waals surface area contributed by atoms with E-state index in [1.54, 1.807) is 12.1 Å². The standard InChI is InChI=1S/C17H27NO3/c1-5-7-8-16(20-6-2)13-21-17(19)14-9-11-15(12-10-14)18(3)4/h9-12,16H,5-8,13H2,1-4H3. The van der Waals surface area contributed by atoms with Crippen molar-refractivity contribution in [2.24, 2.45) is 0 Å². The highest BCUT2D eigenvalue weighted by molar-refractivity contribution is 5.89. The Morgan fingerprint density at radius 2 is 1.86 bits per heavy atom. The number of carbonyl (C=O) groups excluding carboxylic acids is 1. The van der Waals surface area contributed by atoms with E-state index in [-0.39, 0.29) is 12.1 Å². The fourth-order valence-electron chi connectivity index (χ4n) is 2.03. The van der Waals surface area contributed by atoms with Gasteiger partial charge in [-0.25, -0.2) is 4.79 Å². The van der Waals surface area contributed by atoms with Gasteiger partial charge in [-0.1, -0.05) is 19.8 Å². The molecule has 1 aromatic rings. The van der Waals surface area contributed by atoms with Crippen LogP contribution >= 0.6 is 0 Å². The fourth-order valence-corrected chi connectivity index (χ4v) is 2.03. The van der Waals surface area contributed by atoms with Crippen molar-refractivity contribution in [2.45, 2.75) is 39.2 Å². The molecule has 4 nitrogen and oxygen atoms in total. The second kappa shape index (κ2) is 9.40. The largest absolute Gasteiger partial charge is 0.459 e. The highest BCUT2D eigenvalue weighted by atomic mass is 16.6. The third-order valence-electron chi connectivity index (χ3n) is 3.30. The third kappa shape index (κ3) is 6.17. The summed E-state index contributed by atoms with van der Waals surface area (Å²) in [7, 11) is 3.93. The van der Waals surface area contributed by atoms with Crippen LogP contribution in [0.3, 0.4) is 0 Å². The average molecular weight is 293 g/mol. The van der Waals surface area contributed by atoms with Crippen molar-refractivity contribution in [1.82, 2.24) is 0 Å². The molecule has 1 rings (SSSR count). The Morgan fingerprint density at radius 3 is 2.38 bits per heavy atom. The van der Waals surface area contributed by atoms with Crippen LogP contribution in [0.4, 0.5) is 5.69 Å². The second-order valence-electron chi connectivity index (χ2n) is 5.26. The van der Waals surface area contributed by atoms with Crippen molar-refractivity contribution < 1.29 is 14.3 Å². The van der Waals surface area contributed by atoms with Crippen LogP contribution in [-0.2, 0) is 9.47 Å². The number of ether oxygens (including phenoxy) is 2. The molecule has 1 atom stereocenters. The van der Waals surface area contributed by atoms with Crippen molar-refractivity contribution in [3.8, 4) is 0 Å². The first-order chi connectivity index (χ1) is 10.1. The minimum atomic E-state index is -0.290. The molecule has 0 amide bonds. The number of esters is 1. The Balaban J connectivity index is 2.51. The molecule has 0 aliphatic rings. The van der Waals surface area contributed by atoms with Crippen molar-refractivity contribution in [3.63, 3.8) is 0 Å². The van der Waals surface area contributed by atoms with E-state index < -0.39 is 0 Å². The Labute approximate surface area is 128 Å². The van der Waals surface area contributed by atoms with E-state index in [4.69, 9.17) is 9.47 Å². The molecule has 0 bridgehead atoms. The molecular weight excluding hydrogens is 266 g/mol. The van der Waals surface area contributed by atoms with Crippen molar-refractivity contribution in [1.29, 1.82) is 0 Å². The molecule has 4 heteroatoms. The predicted octanol–water partition coefficient (Wildman–Crippen LogP) is 3.50. The topological polar surface area (TPSA) is 38.8 Å². The van der Waals surface area contributed by atoms with Crippen molar-refractivity contribution >= 4 is 11.7 Å². The van der Waals surface area contributed by atoms with E-state index in [1.807, 2.05) is 38.1 Å². The molecular formula is C17H27NO3. The van der Waals surface area contributed by atoms with E-state index in [1.165, 1.54) is 0 Å². The van der Waals surface area contributed by atoms with Gasteiger partial charge in [0.05, 0.1) is 11.7 Å². The molecule has 0 spiro atoms. The number of carbonyl (C=O) groups is 1. The summed E-state index contributed by atoms with van der Waals surface area (Å²) in [4.78, 5) is 14.0. The Hall–Kier alpha value is -1.55. The quantitative estimate of drug-likeness (QED) is 0.653. The molecule has 1 aromatic carbocycles. The third-order valence-corrected chi connectivity index (χ3v) is 3.30. The van der Waals surface area contributed by atoms with Gasteiger partial charge in [0.1, 0.15) is 6.61 Å². The number of anilines is 1. The summed E-state index contributed by atoms with van der Waals surface area (Å²) >= 11 is 0. The normalized spacial score (nSPS) is 12.0. The van der Waals surface area contributed by atoms with Gasteiger partial charge in [0.15, 0.2) is 0 Å². The van der Waals surface area contributed by atoms with E-state index in [9.17, 15) is 4.79 Å². The maximum atomic E-state index is 12.0. The van der Waals surface area contributed by atoms with E-state index >= 15 is 0 Å². The van der Waals surface area contributed by atoms with Gasteiger partial charge in [0.2, 0.25) is 0 Å². The molecule has 21 heavy (non-hydrogen) atoms. The number of unbranched alkanes of at least 4 members (excludes halogenated alkanes) is 1. The minimum Gasteiger partial charge on any atom is -0.459 e. The van der Waals surface area contributed by atoms with E-state index in [0.29, 0.717) is 18.8 Å². The van der Waals surface area contributed by atoms with Gasteiger partial charge >= 0.3 is 5.97 Å². The lowest BCUT2D eigenvalue weighted by atomic mass is 10.1. The lowest BCUT2D eigenvalue weighted by Gasteiger charge is -2.17. The summed E-state index contributed by atoms with van der Waals surface area (Å²) in [6.07, 6.45) is 3.13. The van der Waals surface area contributed by atoms with Crippen molar-refractivity contribution in [3.05, 3.63) is 29.8 Å². The fraction of sp³-hybridized carbons (Fsp3) is 0.588. The smallest absolute Gasteiger partial charge is 0.338 e. The Kier molecular flexibility index (Phi) is 7.83. The molecule has 118 valence electrons. The first-order valence-electron chi connectivity index (χ1n) is 7.64. The van der Waals surface area contributed by atoms with Gasteiger partial charge in [0, 0.05) is 26.4 Å². The Bertz CT molecular complexity index is 415. The molecule has 0 heterocycles. The summed E-state index contributed by atoms with van der Waals surface area (Å²) in [5, 5.41) is 0. The first-order valence-corrected chi connectivity index (χ1v) is 7.64. The van der Waals surface area contributed by atoms with Crippen LogP contribution in [0.25, 0.3) is 0 Å². The molecule has 0 saturated heterocycles. The van der Waals surface area contributed by atoms with Gasteiger partial charge in [-0.05, 0) is 37.6 Å². The number of benzene rings is 1. The number of nitrogens with zero attached hydrogens (tertiary/aromatic N) is 1. The van der Waals surface area contributed by atoms with E-state index in [0.717, 1.165) is 24.9 Å². The van der Waals surface area contributed by atoms with Crippen LogP contribution in [-0.4, -0.2) is 39.4 Å². The lowest BCUT2D eigenvalue weighted by Crippen LogP contribution is -2.22. The van der Waals surface area contributed by atoms with Crippen LogP contribution in [0.2, 0.25) is 0 Å². The summed E-state index contributed by atoms with van der Waals surface area (Å²) in [5.41, 5.74) is 1.63. The second-order valence-corrected chi connectivity index (χ2v) is 5.26. The Morgan fingerprint density at radius 1 is 1.19 bits per heavy atom. The monoisotopic (exact) mass is 293 g/mol. The minimum absolute atomic E-state index is 0.0000478. The molecule has 0 N–H and O–H groups in total. The van der Waals surface area contributed by atoms with Crippen LogP contribution in [0.15, 0.2) is 24.3 Å². The maximum absolute atomic E-state index is 12.0. The summed E-state index contributed by atoms with van der Waals surface area (Å²) in [6.45, 7) is 5.06. The lowest BCUT2D eigenvalue weighted by molar-refractivity contribution is -0.00806. The number of hydrogen-bond acceptors (Lipinski definition) is 4. The summed E-state index contributed by atoms with van der Waals surface area (Å²) < 4.78 is 11.0. The summed E-state index contributed by atoms with van der Waals surface area (Å²) in [5.74, 6) is -0.290. The van der Waals surface area contributed by atoms with Crippen LogP contribution in [0, 0.1) is 0 Å². The van der Waals surface area contributed by atoms with Gasteiger partial charge in [-0.3, -0.25) is 0 Å². The number of rotatable bonds is 9. The highest BCUT2D eigenvalue weighted by Crippen LogP contribution is 2.13. The van der Waals surface area contributed by atoms with Gasteiger partial charge in [0.25, 0.3) is 0 Å². The molecule has 0 fully saturated rings.